The van der Waals surface area contributed by atoms with Crippen LogP contribution >= 0.6 is 0 Å². The van der Waals surface area contributed by atoms with Crippen molar-refractivity contribution in [2.45, 2.75) is 6.61 Å². The number of hydrogen-bond acceptors (Lipinski definition) is 5. The first-order valence-corrected chi connectivity index (χ1v) is 5.93. The van der Waals surface area contributed by atoms with Crippen molar-refractivity contribution in [3.63, 3.8) is 0 Å². The second-order valence-electron chi connectivity index (χ2n) is 4.11. The van der Waals surface area contributed by atoms with Crippen molar-refractivity contribution < 1.29 is 14.6 Å². The van der Waals surface area contributed by atoms with Crippen molar-refractivity contribution in [2.75, 3.05) is 12.8 Å². The molecule has 0 aliphatic carbocycles. The number of methoxy groups -OCH3 is 1. The van der Waals surface area contributed by atoms with Gasteiger partial charge in [0.1, 0.15) is 11.8 Å². The van der Waals surface area contributed by atoms with E-state index in [2.05, 4.69) is 0 Å². The lowest BCUT2D eigenvalue weighted by Gasteiger charge is -2.12. The zero-order valence-corrected chi connectivity index (χ0v) is 11.0. The van der Waals surface area contributed by atoms with Crippen LogP contribution in [0.2, 0.25) is 0 Å². The smallest absolute Gasteiger partial charge is 0.169 e. The summed E-state index contributed by atoms with van der Waals surface area (Å²) in [4.78, 5) is 0. The van der Waals surface area contributed by atoms with Gasteiger partial charge in [0.2, 0.25) is 0 Å². The zero-order valence-electron chi connectivity index (χ0n) is 11.0. The van der Waals surface area contributed by atoms with E-state index in [1.54, 1.807) is 36.4 Å². The Hall–Kier alpha value is -2.71. The normalized spacial score (nSPS) is 9.85. The van der Waals surface area contributed by atoms with E-state index in [1.165, 1.54) is 7.11 Å². The summed E-state index contributed by atoms with van der Waals surface area (Å²) in [5, 5.41) is 17.9. The lowest BCUT2D eigenvalue weighted by molar-refractivity contribution is 0.280. The van der Waals surface area contributed by atoms with E-state index < -0.39 is 0 Å². The average Bonchev–Trinajstić information content (AvgIpc) is 2.48. The van der Waals surface area contributed by atoms with E-state index in [0.29, 0.717) is 28.5 Å². The first-order chi connectivity index (χ1) is 9.67. The number of anilines is 1. The summed E-state index contributed by atoms with van der Waals surface area (Å²) in [7, 11) is 1.52. The molecule has 0 aliphatic rings. The minimum Gasteiger partial charge on any atom is -0.493 e. The Morgan fingerprint density at radius 2 is 2.00 bits per heavy atom. The van der Waals surface area contributed by atoms with E-state index in [-0.39, 0.29) is 6.61 Å². The summed E-state index contributed by atoms with van der Waals surface area (Å²) >= 11 is 0. The molecule has 20 heavy (non-hydrogen) atoms. The predicted molar refractivity (Wildman–Crippen MR) is 74.6 cm³/mol. The van der Waals surface area contributed by atoms with E-state index in [1.807, 2.05) is 6.07 Å². The van der Waals surface area contributed by atoms with Crippen LogP contribution in [0.4, 0.5) is 5.69 Å². The number of benzene rings is 2. The van der Waals surface area contributed by atoms with Gasteiger partial charge >= 0.3 is 0 Å². The van der Waals surface area contributed by atoms with Gasteiger partial charge in [0.05, 0.1) is 25.0 Å². The first kappa shape index (κ1) is 13.7. The molecule has 3 N–H and O–H groups in total. The summed E-state index contributed by atoms with van der Waals surface area (Å²) in [6, 6.07) is 12.0. The van der Waals surface area contributed by atoms with Crippen LogP contribution in [0.3, 0.4) is 0 Å². The molecular formula is C15H14N2O3. The molecule has 0 heterocycles. The molecule has 5 heteroatoms. The minimum atomic E-state index is -0.0690. The molecule has 0 unspecified atom stereocenters. The average molecular weight is 270 g/mol. The van der Waals surface area contributed by atoms with E-state index in [4.69, 9.17) is 25.6 Å². The Kier molecular flexibility index (Phi) is 4.08. The van der Waals surface area contributed by atoms with Crippen LogP contribution in [0, 0.1) is 11.3 Å². The Balaban J connectivity index is 2.30. The molecule has 2 aromatic carbocycles. The minimum absolute atomic E-state index is 0.0690. The summed E-state index contributed by atoms with van der Waals surface area (Å²) in [6.45, 7) is -0.0690. The fourth-order valence-corrected chi connectivity index (χ4v) is 1.73. The molecule has 0 saturated carbocycles. The molecule has 0 fully saturated rings. The summed E-state index contributed by atoms with van der Waals surface area (Å²) < 4.78 is 10.9. The Labute approximate surface area is 116 Å². The SMILES string of the molecule is COc1cc(CO)ccc1Oc1ccc(C#N)c(N)c1. The van der Waals surface area contributed by atoms with Crippen molar-refractivity contribution >= 4 is 5.69 Å². The third-order valence-electron chi connectivity index (χ3n) is 2.78. The Morgan fingerprint density at radius 3 is 2.60 bits per heavy atom. The van der Waals surface area contributed by atoms with Crippen LogP contribution in [0.15, 0.2) is 36.4 Å². The number of aliphatic hydroxyl groups excluding tert-OH is 1. The zero-order chi connectivity index (χ0) is 14.5. The highest BCUT2D eigenvalue weighted by Gasteiger charge is 2.08. The molecule has 2 aromatic rings. The van der Waals surface area contributed by atoms with Crippen LogP contribution in [0.1, 0.15) is 11.1 Å². The van der Waals surface area contributed by atoms with Gasteiger partial charge in [-0.15, -0.1) is 0 Å². The quantitative estimate of drug-likeness (QED) is 0.833. The molecule has 0 aliphatic heterocycles. The molecule has 5 nitrogen and oxygen atoms in total. The van der Waals surface area contributed by atoms with Crippen molar-refractivity contribution in [3.8, 4) is 23.3 Å². The molecule has 102 valence electrons. The molecule has 0 spiro atoms. The van der Waals surface area contributed by atoms with Crippen molar-refractivity contribution in [1.82, 2.24) is 0 Å². The number of nitriles is 1. The predicted octanol–water partition coefficient (Wildman–Crippen LogP) is 2.43. The Bertz CT molecular complexity index is 663. The molecule has 0 saturated heterocycles. The van der Waals surface area contributed by atoms with Gasteiger partial charge in [0.25, 0.3) is 0 Å². The van der Waals surface area contributed by atoms with Crippen LogP contribution in [-0.2, 0) is 6.61 Å². The number of nitrogens with two attached hydrogens (primary N) is 1. The highest BCUT2D eigenvalue weighted by atomic mass is 16.5. The number of rotatable bonds is 4. The summed E-state index contributed by atoms with van der Waals surface area (Å²) in [5.41, 5.74) is 7.23. The standard InChI is InChI=1S/C15H14N2O3/c1-19-15-6-10(9-18)2-5-14(15)20-12-4-3-11(8-16)13(17)7-12/h2-7,18H,9,17H2,1H3. The summed E-state index contributed by atoms with van der Waals surface area (Å²) in [5.74, 6) is 1.53. The molecule has 0 atom stereocenters. The van der Waals surface area contributed by atoms with E-state index >= 15 is 0 Å². The molecular weight excluding hydrogens is 256 g/mol. The highest BCUT2D eigenvalue weighted by molar-refractivity contribution is 5.58. The van der Waals surface area contributed by atoms with Crippen LogP contribution in [0.25, 0.3) is 0 Å². The topological polar surface area (TPSA) is 88.5 Å². The van der Waals surface area contributed by atoms with Gasteiger partial charge in [-0.2, -0.15) is 5.26 Å². The molecule has 0 aromatic heterocycles. The number of nitrogen functional groups attached to an aromatic ring is 1. The van der Waals surface area contributed by atoms with Gasteiger partial charge in [0, 0.05) is 6.07 Å². The Morgan fingerprint density at radius 1 is 1.20 bits per heavy atom. The summed E-state index contributed by atoms with van der Waals surface area (Å²) in [6.07, 6.45) is 0. The van der Waals surface area contributed by atoms with Crippen molar-refractivity contribution in [1.29, 1.82) is 5.26 Å². The molecule has 0 radical (unpaired) electrons. The van der Waals surface area contributed by atoms with Crippen LogP contribution in [0.5, 0.6) is 17.2 Å². The van der Waals surface area contributed by atoms with Crippen molar-refractivity contribution in [3.05, 3.63) is 47.5 Å². The maximum absolute atomic E-state index is 9.09. The monoisotopic (exact) mass is 270 g/mol. The number of aliphatic hydroxyl groups is 1. The molecule has 0 amide bonds. The van der Waals surface area contributed by atoms with Gasteiger partial charge in [0.15, 0.2) is 11.5 Å². The molecule has 2 rings (SSSR count). The maximum Gasteiger partial charge on any atom is 0.169 e. The van der Waals surface area contributed by atoms with Gasteiger partial charge in [-0.1, -0.05) is 6.07 Å². The number of hydrogen-bond donors (Lipinski definition) is 2. The number of nitrogens with zero attached hydrogens (tertiary/aromatic N) is 1. The second kappa shape index (κ2) is 5.95. The van der Waals surface area contributed by atoms with E-state index in [9.17, 15) is 0 Å². The maximum atomic E-state index is 9.09. The van der Waals surface area contributed by atoms with Gasteiger partial charge in [-0.3, -0.25) is 0 Å². The van der Waals surface area contributed by atoms with Gasteiger partial charge < -0.3 is 20.3 Å². The third-order valence-corrected chi connectivity index (χ3v) is 2.78. The fraction of sp³-hybridized carbons (Fsp3) is 0.133. The fourth-order valence-electron chi connectivity index (χ4n) is 1.73. The lowest BCUT2D eigenvalue weighted by Crippen LogP contribution is -1.95. The van der Waals surface area contributed by atoms with Crippen LogP contribution < -0.4 is 15.2 Å². The second-order valence-corrected chi connectivity index (χ2v) is 4.11. The van der Waals surface area contributed by atoms with Gasteiger partial charge in [-0.05, 0) is 29.8 Å². The first-order valence-electron chi connectivity index (χ1n) is 5.93. The third kappa shape index (κ3) is 2.82. The largest absolute Gasteiger partial charge is 0.493 e. The van der Waals surface area contributed by atoms with Crippen LogP contribution in [-0.4, -0.2) is 12.2 Å². The van der Waals surface area contributed by atoms with E-state index in [0.717, 1.165) is 5.56 Å². The van der Waals surface area contributed by atoms with Gasteiger partial charge in [-0.25, -0.2) is 0 Å². The number of ether oxygens (including phenoxy) is 2. The lowest BCUT2D eigenvalue weighted by atomic mass is 10.2. The van der Waals surface area contributed by atoms with Crippen molar-refractivity contribution in [2.24, 2.45) is 0 Å². The highest BCUT2D eigenvalue weighted by Crippen LogP contribution is 2.33. The molecule has 0 bridgehead atoms.